The summed E-state index contributed by atoms with van der Waals surface area (Å²) in [6.45, 7) is 1.37. The predicted molar refractivity (Wildman–Crippen MR) is 84.1 cm³/mol. The number of hydrogen-bond acceptors (Lipinski definition) is 3. The maximum absolute atomic E-state index is 13.0. The Morgan fingerprint density at radius 2 is 2.14 bits per heavy atom. The van der Waals surface area contributed by atoms with Gasteiger partial charge in [-0.05, 0) is 50.4 Å². The molecule has 1 heterocycles. The second-order valence-electron chi connectivity index (χ2n) is 5.60. The molecule has 0 saturated heterocycles. The molecule has 110 valence electrons. The van der Waals surface area contributed by atoms with E-state index in [-0.39, 0.29) is 5.91 Å². The summed E-state index contributed by atoms with van der Waals surface area (Å²) in [7, 11) is 0. The van der Waals surface area contributed by atoms with Crippen LogP contribution >= 0.6 is 0 Å². The van der Waals surface area contributed by atoms with Gasteiger partial charge in [-0.1, -0.05) is 12.1 Å². The van der Waals surface area contributed by atoms with E-state index < -0.39 is 0 Å². The summed E-state index contributed by atoms with van der Waals surface area (Å²) in [4.78, 5) is 19.3. The number of hydrogen-bond donors (Lipinski definition) is 1. The summed E-state index contributed by atoms with van der Waals surface area (Å²) in [6, 6.07) is 9.99. The van der Waals surface area contributed by atoms with Gasteiger partial charge in [-0.3, -0.25) is 9.78 Å². The summed E-state index contributed by atoms with van der Waals surface area (Å²) in [5, 5.41) is 0.932. The Hall–Kier alpha value is -1.94. The van der Waals surface area contributed by atoms with E-state index in [1.54, 1.807) is 6.20 Å². The van der Waals surface area contributed by atoms with Gasteiger partial charge in [0.2, 0.25) is 0 Å². The van der Waals surface area contributed by atoms with E-state index in [4.69, 9.17) is 5.73 Å². The van der Waals surface area contributed by atoms with Crippen LogP contribution in [-0.2, 0) is 0 Å². The number of rotatable bonds is 5. The number of nitrogens with two attached hydrogens (primary N) is 1. The van der Waals surface area contributed by atoms with Crippen LogP contribution in [0.4, 0.5) is 0 Å². The van der Waals surface area contributed by atoms with Gasteiger partial charge >= 0.3 is 0 Å². The lowest BCUT2D eigenvalue weighted by molar-refractivity contribution is 0.0580. The summed E-state index contributed by atoms with van der Waals surface area (Å²) in [5.41, 5.74) is 7.24. The molecule has 1 aromatic carbocycles. The Morgan fingerprint density at radius 1 is 1.29 bits per heavy atom. The molecule has 3 rings (SSSR count). The smallest absolute Gasteiger partial charge is 0.254 e. The summed E-state index contributed by atoms with van der Waals surface area (Å²) in [6.07, 6.45) is 6.05. The van der Waals surface area contributed by atoms with Crippen molar-refractivity contribution in [1.29, 1.82) is 0 Å². The monoisotopic (exact) mass is 283 g/mol. The van der Waals surface area contributed by atoms with Crippen LogP contribution < -0.4 is 5.73 Å². The van der Waals surface area contributed by atoms with Crippen LogP contribution in [0, 0.1) is 0 Å². The topological polar surface area (TPSA) is 59.2 Å². The molecule has 1 aliphatic carbocycles. The molecular weight excluding hydrogens is 262 g/mol. The van der Waals surface area contributed by atoms with Crippen LogP contribution in [0.2, 0.25) is 0 Å². The highest BCUT2D eigenvalue weighted by Crippen LogP contribution is 2.28. The second kappa shape index (κ2) is 6.22. The number of aromatic nitrogens is 1. The van der Waals surface area contributed by atoms with Gasteiger partial charge in [0.15, 0.2) is 0 Å². The Kier molecular flexibility index (Phi) is 4.15. The molecule has 0 atom stereocenters. The molecule has 0 spiro atoms. The third-order valence-electron chi connectivity index (χ3n) is 4.26. The lowest BCUT2D eigenvalue weighted by Gasteiger charge is -2.38. The zero-order chi connectivity index (χ0) is 14.7. The quantitative estimate of drug-likeness (QED) is 0.917. The van der Waals surface area contributed by atoms with E-state index in [0.29, 0.717) is 12.6 Å². The van der Waals surface area contributed by atoms with Crippen molar-refractivity contribution in [2.24, 2.45) is 5.73 Å². The highest BCUT2D eigenvalue weighted by atomic mass is 16.2. The molecule has 0 unspecified atom stereocenters. The largest absolute Gasteiger partial charge is 0.336 e. The molecule has 2 N–H and O–H groups in total. The SMILES string of the molecule is NCCCN(C(=O)c1cccc2ncccc12)C1CCC1. The van der Waals surface area contributed by atoms with Crippen LogP contribution in [0.1, 0.15) is 36.0 Å². The molecule has 1 amide bonds. The van der Waals surface area contributed by atoms with Crippen LogP contribution in [0.3, 0.4) is 0 Å². The van der Waals surface area contributed by atoms with Gasteiger partial charge in [0.25, 0.3) is 5.91 Å². The summed E-state index contributed by atoms with van der Waals surface area (Å²) in [5.74, 6) is 0.117. The highest BCUT2D eigenvalue weighted by Gasteiger charge is 2.29. The first-order valence-corrected chi connectivity index (χ1v) is 7.66. The van der Waals surface area contributed by atoms with Crippen molar-refractivity contribution < 1.29 is 4.79 Å². The third-order valence-corrected chi connectivity index (χ3v) is 4.26. The molecule has 0 radical (unpaired) electrons. The molecule has 4 heteroatoms. The predicted octanol–water partition coefficient (Wildman–Crippen LogP) is 2.58. The summed E-state index contributed by atoms with van der Waals surface area (Å²) >= 11 is 0. The van der Waals surface area contributed by atoms with Crippen molar-refractivity contribution in [1.82, 2.24) is 9.88 Å². The lowest BCUT2D eigenvalue weighted by atomic mass is 9.90. The third kappa shape index (κ3) is 2.76. The molecule has 1 saturated carbocycles. The number of carbonyl (C=O) groups excluding carboxylic acids is 1. The molecule has 2 aromatic rings. The molecule has 0 aliphatic heterocycles. The van der Waals surface area contributed by atoms with Crippen LogP contribution in [-0.4, -0.2) is 34.9 Å². The number of fused-ring (bicyclic) bond motifs is 1. The minimum absolute atomic E-state index is 0.117. The highest BCUT2D eigenvalue weighted by molar-refractivity contribution is 6.06. The maximum Gasteiger partial charge on any atom is 0.254 e. The van der Waals surface area contributed by atoms with Crippen molar-refractivity contribution in [2.45, 2.75) is 31.7 Å². The molecule has 1 aromatic heterocycles. The molecule has 21 heavy (non-hydrogen) atoms. The van der Waals surface area contributed by atoms with Crippen LogP contribution in [0.25, 0.3) is 10.9 Å². The van der Waals surface area contributed by atoms with Gasteiger partial charge in [0.05, 0.1) is 5.52 Å². The van der Waals surface area contributed by atoms with Gasteiger partial charge in [-0.25, -0.2) is 0 Å². The normalized spacial score (nSPS) is 14.9. The molecule has 1 fully saturated rings. The fourth-order valence-corrected chi connectivity index (χ4v) is 2.85. The number of benzene rings is 1. The van der Waals surface area contributed by atoms with E-state index in [2.05, 4.69) is 4.98 Å². The van der Waals surface area contributed by atoms with E-state index in [9.17, 15) is 4.79 Å². The van der Waals surface area contributed by atoms with Crippen LogP contribution in [0.5, 0.6) is 0 Å². The van der Waals surface area contributed by atoms with Gasteiger partial charge in [0.1, 0.15) is 0 Å². The van der Waals surface area contributed by atoms with Gasteiger partial charge in [-0.2, -0.15) is 0 Å². The van der Waals surface area contributed by atoms with Gasteiger partial charge in [-0.15, -0.1) is 0 Å². The van der Waals surface area contributed by atoms with Crippen molar-refractivity contribution in [3.05, 3.63) is 42.1 Å². The number of carbonyl (C=O) groups is 1. The van der Waals surface area contributed by atoms with Crippen molar-refractivity contribution in [3.63, 3.8) is 0 Å². The van der Waals surface area contributed by atoms with E-state index >= 15 is 0 Å². The summed E-state index contributed by atoms with van der Waals surface area (Å²) < 4.78 is 0. The fourth-order valence-electron chi connectivity index (χ4n) is 2.85. The van der Waals surface area contributed by atoms with Gasteiger partial charge in [0, 0.05) is 29.7 Å². The molecule has 4 nitrogen and oxygen atoms in total. The zero-order valence-corrected chi connectivity index (χ0v) is 12.2. The van der Waals surface area contributed by atoms with Crippen molar-refractivity contribution in [2.75, 3.05) is 13.1 Å². The van der Waals surface area contributed by atoms with E-state index in [0.717, 1.165) is 42.3 Å². The van der Waals surface area contributed by atoms with E-state index in [1.807, 2.05) is 35.2 Å². The lowest BCUT2D eigenvalue weighted by Crippen LogP contribution is -2.45. The minimum Gasteiger partial charge on any atom is -0.336 e. The Bertz CT molecular complexity index is 631. The first kappa shape index (κ1) is 14.0. The zero-order valence-electron chi connectivity index (χ0n) is 12.2. The first-order valence-electron chi connectivity index (χ1n) is 7.66. The number of nitrogens with zero attached hydrogens (tertiary/aromatic N) is 2. The van der Waals surface area contributed by atoms with E-state index in [1.165, 1.54) is 6.42 Å². The second-order valence-corrected chi connectivity index (χ2v) is 5.60. The van der Waals surface area contributed by atoms with Gasteiger partial charge < -0.3 is 10.6 Å². The molecule has 0 bridgehead atoms. The average Bonchev–Trinajstić information content (AvgIpc) is 2.48. The first-order chi connectivity index (χ1) is 10.3. The number of pyridine rings is 1. The average molecular weight is 283 g/mol. The Labute approximate surface area is 125 Å². The maximum atomic E-state index is 13.0. The molecular formula is C17H21N3O. The minimum atomic E-state index is 0.117. The molecule has 1 aliphatic rings. The van der Waals surface area contributed by atoms with Crippen LogP contribution in [0.15, 0.2) is 36.5 Å². The van der Waals surface area contributed by atoms with Crippen molar-refractivity contribution >= 4 is 16.8 Å². The number of amides is 1. The Balaban J connectivity index is 1.93. The fraction of sp³-hybridized carbons (Fsp3) is 0.412. The Morgan fingerprint density at radius 3 is 2.86 bits per heavy atom. The van der Waals surface area contributed by atoms with Crippen molar-refractivity contribution in [3.8, 4) is 0 Å². The standard InChI is InChI=1S/C17H21N3O/c18-10-4-12-20(13-5-1-6-13)17(21)15-7-2-9-16-14(15)8-3-11-19-16/h2-3,7-9,11,13H,1,4-6,10,12,18H2.